The minimum absolute atomic E-state index is 0.0679. The first-order valence-electron chi connectivity index (χ1n) is 7.11. The summed E-state index contributed by atoms with van der Waals surface area (Å²) in [6.45, 7) is 4.02. The summed E-state index contributed by atoms with van der Waals surface area (Å²) >= 11 is 0. The van der Waals surface area contributed by atoms with Gasteiger partial charge < -0.3 is 0 Å². The summed E-state index contributed by atoms with van der Waals surface area (Å²) in [7, 11) is -6.75. The first kappa shape index (κ1) is 16.5. The van der Waals surface area contributed by atoms with Crippen molar-refractivity contribution < 1.29 is 16.8 Å². The van der Waals surface area contributed by atoms with Crippen LogP contribution in [0.1, 0.15) is 25.8 Å². The average molecular weight is 331 g/mol. The van der Waals surface area contributed by atoms with Crippen molar-refractivity contribution in [2.24, 2.45) is 0 Å². The third-order valence-electron chi connectivity index (χ3n) is 3.87. The largest absolute Gasteiger partial charge is 0.243 e. The number of hydrogen-bond acceptors (Lipinski definition) is 4. The summed E-state index contributed by atoms with van der Waals surface area (Å²) < 4.78 is 49.9. The molecule has 1 aromatic carbocycles. The Kier molecular flexibility index (Phi) is 4.75. The van der Waals surface area contributed by atoms with Crippen LogP contribution in [0.2, 0.25) is 0 Å². The summed E-state index contributed by atoms with van der Waals surface area (Å²) in [5.41, 5.74) is 1.07. The minimum Gasteiger partial charge on any atom is -0.229 e. The SMILES string of the molecule is CCc1ccc(S(=O)(=O)N(CC)C2CCS(=O)(=O)C2)cc1. The van der Waals surface area contributed by atoms with Crippen LogP contribution in [0.15, 0.2) is 29.2 Å². The summed E-state index contributed by atoms with van der Waals surface area (Å²) in [6.07, 6.45) is 1.22. The van der Waals surface area contributed by atoms with Crippen LogP contribution >= 0.6 is 0 Å². The molecule has 1 unspecified atom stereocenters. The highest BCUT2D eigenvalue weighted by Gasteiger charge is 2.37. The normalized spacial score (nSPS) is 21.8. The number of benzene rings is 1. The molecule has 21 heavy (non-hydrogen) atoms. The lowest BCUT2D eigenvalue weighted by Gasteiger charge is -2.26. The first-order valence-corrected chi connectivity index (χ1v) is 10.4. The average Bonchev–Trinajstić information content (AvgIpc) is 2.79. The molecule has 1 aliphatic rings. The molecule has 5 nitrogen and oxygen atoms in total. The van der Waals surface area contributed by atoms with Crippen molar-refractivity contribution in [3.8, 4) is 0 Å². The van der Waals surface area contributed by atoms with Gasteiger partial charge in [0.2, 0.25) is 10.0 Å². The predicted molar refractivity (Wildman–Crippen MR) is 82.4 cm³/mol. The Morgan fingerprint density at radius 3 is 2.24 bits per heavy atom. The first-order chi connectivity index (χ1) is 9.80. The number of aryl methyl sites for hydroxylation is 1. The highest BCUT2D eigenvalue weighted by atomic mass is 32.2. The van der Waals surface area contributed by atoms with Gasteiger partial charge in [0.1, 0.15) is 0 Å². The van der Waals surface area contributed by atoms with Gasteiger partial charge in [0.05, 0.1) is 16.4 Å². The van der Waals surface area contributed by atoms with Gasteiger partial charge in [0.15, 0.2) is 9.84 Å². The molecule has 1 aromatic rings. The van der Waals surface area contributed by atoms with Crippen molar-refractivity contribution in [3.05, 3.63) is 29.8 Å². The molecular weight excluding hydrogens is 310 g/mol. The number of nitrogens with zero attached hydrogens (tertiary/aromatic N) is 1. The molecule has 0 spiro atoms. The second-order valence-electron chi connectivity index (χ2n) is 5.26. The van der Waals surface area contributed by atoms with Crippen LogP contribution < -0.4 is 0 Å². The van der Waals surface area contributed by atoms with Gasteiger partial charge in [-0.05, 0) is 30.5 Å². The van der Waals surface area contributed by atoms with Gasteiger partial charge in [-0.1, -0.05) is 26.0 Å². The summed E-state index contributed by atoms with van der Waals surface area (Å²) in [5, 5.41) is 0. The van der Waals surface area contributed by atoms with Gasteiger partial charge in [-0.15, -0.1) is 0 Å². The Morgan fingerprint density at radius 1 is 1.19 bits per heavy atom. The molecule has 1 fully saturated rings. The van der Waals surface area contributed by atoms with Crippen molar-refractivity contribution in [2.45, 2.75) is 37.6 Å². The van der Waals surface area contributed by atoms with Crippen molar-refractivity contribution in [2.75, 3.05) is 18.1 Å². The zero-order chi connectivity index (χ0) is 15.7. The number of sulfonamides is 1. The van der Waals surface area contributed by atoms with E-state index in [0.29, 0.717) is 6.42 Å². The highest BCUT2D eigenvalue weighted by Crippen LogP contribution is 2.25. The minimum atomic E-state index is -3.64. The quantitative estimate of drug-likeness (QED) is 0.818. The number of hydrogen-bond donors (Lipinski definition) is 0. The van der Waals surface area contributed by atoms with E-state index in [-0.39, 0.29) is 22.9 Å². The van der Waals surface area contributed by atoms with E-state index in [1.807, 2.05) is 6.92 Å². The van der Waals surface area contributed by atoms with E-state index in [0.717, 1.165) is 12.0 Å². The fourth-order valence-corrected chi connectivity index (χ4v) is 6.15. The Balaban J connectivity index is 2.31. The molecular formula is C14H21NO4S2. The molecule has 0 saturated carbocycles. The van der Waals surface area contributed by atoms with Gasteiger partial charge in [0, 0.05) is 12.6 Å². The fraction of sp³-hybridized carbons (Fsp3) is 0.571. The number of rotatable bonds is 5. The maximum atomic E-state index is 12.7. The van der Waals surface area contributed by atoms with Crippen LogP contribution in [0.3, 0.4) is 0 Å². The summed E-state index contributed by atoms with van der Waals surface area (Å²) in [5.74, 6) is -0.00836. The molecule has 0 amide bonds. The molecule has 7 heteroatoms. The highest BCUT2D eigenvalue weighted by molar-refractivity contribution is 7.92. The van der Waals surface area contributed by atoms with Gasteiger partial charge in [-0.25, -0.2) is 16.8 Å². The second kappa shape index (κ2) is 6.06. The zero-order valence-electron chi connectivity index (χ0n) is 12.3. The second-order valence-corrected chi connectivity index (χ2v) is 9.38. The molecule has 118 valence electrons. The van der Waals surface area contributed by atoms with Gasteiger partial charge >= 0.3 is 0 Å². The van der Waals surface area contributed by atoms with Crippen molar-refractivity contribution in [3.63, 3.8) is 0 Å². The third-order valence-corrected chi connectivity index (χ3v) is 7.66. The molecule has 0 bridgehead atoms. The van der Waals surface area contributed by atoms with E-state index >= 15 is 0 Å². The smallest absolute Gasteiger partial charge is 0.229 e. The topological polar surface area (TPSA) is 71.5 Å². The lowest BCUT2D eigenvalue weighted by atomic mass is 10.2. The number of sulfone groups is 1. The molecule has 0 aliphatic carbocycles. The van der Waals surface area contributed by atoms with E-state index in [9.17, 15) is 16.8 Å². The van der Waals surface area contributed by atoms with Gasteiger partial charge in [-0.2, -0.15) is 4.31 Å². The van der Waals surface area contributed by atoms with Crippen LogP contribution in [0.25, 0.3) is 0 Å². The zero-order valence-corrected chi connectivity index (χ0v) is 14.0. The molecule has 2 rings (SSSR count). The fourth-order valence-electron chi connectivity index (χ4n) is 2.66. The van der Waals surface area contributed by atoms with Gasteiger partial charge in [0.25, 0.3) is 0 Å². The molecule has 0 radical (unpaired) electrons. The van der Waals surface area contributed by atoms with Crippen molar-refractivity contribution in [1.29, 1.82) is 0 Å². The maximum Gasteiger partial charge on any atom is 0.243 e. The summed E-state index contributed by atoms with van der Waals surface area (Å²) in [6, 6.07) is 6.34. The Morgan fingerprint density at radius 2 is 1.81 bits per heavy atom. The van der Waals surface area contributed by atoms with Crippen LogP contribution in [0.5, 0.6) is 0 Å². The Labute approximate surface area is 126 Å². The standard InChI is InChI=1S/C14H21NO4S2/c1-3-12-5-7-14(8-6-12)21(18,19)15(4-2)13-9-10-20(16,17)11-13/h5-8,13H,3-4,9-11H2,1-2H3. The van der Waals surface area contributed by atoms with E-state index in [2.05, 4.69) is 0 Å². The maximum absolute atomic E-state index is 12.7. The molecule has 0 aromatic heterocycles. The molecule has 1 saturated heterocycles. The van der Waals surface area contributed by atoms with E-state index < -0.39 is 25.9 Å². The molecule has 0 N–H and O–H groups in total. The van der Waals surface area contributed by atoms with E-state index in [4.69, 9.17) is 0 Å². The van der Waals surface area contributed by atoms with E-state index in [1.54, 1.807) is 31.2 Å². The predicted octanol–water partition coefficient (Wildman–Crippen LogP) is 1.45. The third kappa shape index (κ3) is 3.46. The van der Waals surface area contributed by atoms with Crippen molar-refractivity contribution >= 4 is 19.9 Å². The summed E-state index contributed by atoms with van der Waals surface area (Å²) in [4.78, 5) is 0.228. The lowest BCUT2D eigenvalue weighted by molar-refractivity contribution is 0.354. The molecule has 1 heterocycles. The van der Waals surface area contributed by atoms with E-state index in [1.165, 1.54) is 4.31 Å². The van der Waals surface area contributed by atoms with Crippen LogP contribution in [0, 0.1) is 0 Å². The van der Waals surface area contributed by atoms with Crippen LogP contribution in [-0.2, 0) is 26.3 Å². The van der Waals surface area contributed by atoms with Crippen LogP contribution in [0.4, 0.5) is 0 Å². The van der Waals surface area contributed by atoms with Crippen molar-refractivity contribution in [1.82, 2.24) is 4.31 Å². The monoisotopic (exact) mass is 331 g/mol. The molecule has 1 aliphatic heterocycles. The lowest BCUT2D eigenvalue weighted by Crippen LogP contribution is -2.40. The Hall–Kier alpha value is -0.920. The Bertz CT molecular complexity index is 693. The van der Waals surface area contributed by atoms with Crippen LogP contribution in [-0.4, -0.2) is 45.2 Å². The molecule has 1 atom stereocenters. The van der Waals surface area contributed by atoms with Gasteiger partial charge in [-0.3, -0.25) is 0 Å².